The summed E-state index contributed by atoms with van der Waals surface area (Å²) in [5.41, 5.74) is 3.68. The maximum Gasteiger partial charge on any atom is 0.253 e. The summed E-state index contributed by atoms with van der Waals surface area (Å²) in [4.78, 5) is 19.3. The molecule has 40 heavy (non-hydrogen) atoms. The van der Waals surface area contributed by atoms with Gasteiger partial charge in [0.15, 0.2) is 5.82 Å². The van der Waals surface area contributed by atoms with E-state index >= 15 is 0 Å². The minimum atomic E-state index is -0.454. The summed E-state index contributed by atoms with van der Waals surface area (Å²) in [6, 6.07) is 16.2. The smallest absolute Gasteiger partial charge is 0.253 e. The maximum atomic E-state index is 13.8. The quantitative estimate of drug-likeness (QED) is 0.302. The van der Waals surface area contributed by atoms with Crippen molar-refractivity contribution in [3.63, 3.8) is 0 Å². The van der Waals surface area contributed by atoms with Gasteiger partial charge in [0.05, 0.1) is 19.3 Å². The van der Waals surface area contributed by atoms with E-state index in [9.17, 15) is 4.79 Å². The Morgan fingerprint density at radius 3 is 2.75 bits per heavy atom. The molecule has 6 rings (SSSR count). The second-order valence-corrected chi connectivity index (χ2v) is 11.1. The van der Waals surface area contributed by atoms with E-state index in [0.29, 0.717) is 24.5 Å². The average Bonchev–Trinajstić information content (AvgIpc) is 3.77. The highest BCUT2D eigenvalue weighted by atomic mass is 16.5. The molecule has 2 atom stereocenters. The molecule has 9 nitrogen and oxygen atoms in total. The van der Waals surface area contributed by atoms with Crippen LogP contribution in [0.1, 0.15) is 80.0 Å². The number of tetrazole rings is 1. The molecule has 1 aliphatic carbocycles. The van der Waals surface area contributed by atoms with E-state index in [2.05, 4.69) is 56.6 Å². The van der Waals surface area contributed by atoms with Crippen LogP contribution < -0.4 is 10.3 Å². The van der Waals surface area contributed by atoms with Crippen molar-refractivity contribution in [3.05, 3.63) is 81.4 Å². The summed E-state index contributed by atoms with van der Waals surface area (Å²) in [5, 5.41) is 14.2. The van der Waals surface area contributed by atoms with Gasteiger partial charge in [-0.1, -0.05) is 38.0 Å². The number of hydrogen-bond donors (Lipinski definition) is 1. The van der Waals surface area contributed by atoms with Gasteiger partial charge in [-0.2, -0.15) is 0 Å². The van der Waals surface area contributed by atoms with Crippen molar-refractivity contribution in [2.24, 2.45) is 0 Å². The molecule has 2 fully saturated rings. The first-order valence-corrected chi connectivity index (χ1v) is 14.5. The molecule has 1 saturated heterocycles. The molecule has 0 spiro atoms. The number of fused-ring (bicyclic) bond motifs is 1. The highest BCUT2D eigenvalue weighted by Gasteiger charge is 2.35. The van der Waals surface area contributed by atoms with Crippen LogP contribution in [0.3, 0.4) is 0 Å². The zero-order valence-electron chi connectivity index (χ0n) is 23.4. The van der Waals surface area contributed by atoms with Gasteiger partial charge in [0.1, 0.15) is 11.8 Å². The van der Waals surface area contributed by atoms with Crippen LogP contribution in [0, 0.1) is 0 Å². The predicted molar refractivity (Wildman–Crippen MR) is 153 cm³/mol. The number of methoxy groups -OCH3 is 1. The molecule has 0 amide bonds. The lowest BCUT2D eigenvalue weighted by Crippen LogP contribution is -2.39. The van der Waals surface area contributed by atoms with Gasteiger partial charge in [0.2, 0.25) is 0 Å². The maximum absolute atomic E-state index is 13.8. The van der Waals surface area contributed by atoms with Gasteiger partial charge in [-0.05, 0) is 89.4 Å². The van der Waals surface area contributed by atoms with Crippen LogP contribution >= 0.6 is 0 Å². The first-order chi connectivity index (χ1) is 19.6. The number of aromatic nitrogens is 5. The molecule has 9 heteroatoms. The summed E-state index contributed by atoms with van der Waals surface area (Å²) in [6.07, 6.45) is 7.44. The molecule has 2 aromatic heterocycles. The minimum absolute atomic E-state index is 0.0788. The number of nitrogens with zero attached hydrogens (tertiary/aromatic N) is 5. The van der Waals surface area contributed by atoms with Crippen molar-refractivity contribution in [2.45, 2.75) is 76.6 Å². The molecule has 1 aliphatic heterocycles. The molecule has 4 aromatic rings. The van der Waals surface area contributed by atoms with Gasteiger partial charge in [-0.25, -0.2) is 4.68 Å². The highest BCUT2D eigenvalue weighted by molar-refractivity contribution is 5.80. The van der Waals surface area contributed by atoms with Crippen LogP contribution in [0.2, 0.25) is 0 Å². The van der Waals surface area contributed by atoms with E-state index in [-0.39, 0.29) is 17.7 Å². The molecule has 210 valence electrons. The Hall–Kier alpha value is -3.56. The van der Waals surface area contributed by atoms with Crippen molar-refractivity contribution < 1.29 is 9.47 Å². The van der Waals surface area contributed by atoms with Crippen LogP contribution in [0.15, 0.2) is 53.3 Å². The number of aromatic amines is 1. The lowest BCUT2D eigenvalue weighted by atomic mass is 10.00. The van der Waals surface area contributed by atoms with Crippen LogP contribution in [-0.2, 0) is 17.7 Å². The number of rotatable bonds is 10. The molecule has 1 N–H and O–H groups in total. The molecule has 1 saturated carbocycles. The van der Waals surface area contributed by atoms with E-state index in [1.165, 1.54) is 5.56 Å². The van der Waals surface area contributed by atoms with E-state index in [4.69, 9.17) is 9.47 Å². The monoisotopic (exact) mass is 542 g/mol. The molecule has 2 aliphatic rings. The van der Waals surface area contributed by atoms with E-state index in [0.717, 1.165) is 73.8 Å². The first-order valence-electron chi connectivity index (χ1n) is 14.5. The number of pyridine rings is 1. The number of aryl methyl sites for hydroxylation is 1. The van der Waals surface area contributed by atoms with E-state index in [1.807, 2.05) is 28.9 Å². The summed E-state index contributed by atoms with van der Waals surface area (Å²) >= 11 is 0. The Kier molecular flexibility index (Phi) is 7.93. The fourth-order valence-corrected chi connectivity index (χ4v) is 6.30. The van der Waals surface area contributed by atoms with Gasteiger partial charge in [0.25, 0.3) is 5.56 Å². The third-order valence-corrected chi connectivity index (χ3v) is 8.42. The molecule has 2 unspecified atom stereocenters. The molecule has 2 aromatic carbocycles. The zero-order valence-corrected chi connectivity index (χ0v) is 23.4. The number of ether oxygens (including phenoxy) is 2. The summed E-state index contributed by atoms with van der Waals surface area (Å²) in [5.74, 6) is 1.52. The van der Waals surface area contributed by atoms with Gasteiger partial charge in [0, 0.05) is 30.8 Å². The lowest BCUT2D eigenvalue weighted by Gasteiger charge is -2.33. The average molecular weight is 543 g/mol. The van der Waals surface area contributed by atoms with Crippen molar-refractivity contribution >= 4 is 10.9 Å². The molecular formula is C31H38N6O3. The Labute approximate surface area is 234 Å². The first kappa shape index (κ1) is 26.7. The Balaban J connectivity index is 1.51. The molecule has 0 radical (unpaired) electrons. The Morgan fingerprint density at radius 2 is 1.98 bits per heavy atom. The lowest BCUT2D eigenvalue weighted by molar-refractivity contribution is 0.0569. The zero-order chi connectivity index (χ0) is 27.5. The van der Waals surface area contributed by atoms with E-state index < -0.39 is 6.04 Å². The number of nitrogens with one attached hydrogen (secondary N) is 1. The van der Waals surface area contributed by atoms with Gasteiger partial charge in [-0.15, -0.1) is 5.10 Å². The van der Waals surface area contributed by atoms with Gasteiger partial charge in [-0.3, -0.25) is 9.69 Å². The van der Waals surface area contributed by atoms with Gasteiger partial charge >= 0.3 is 0 Å². The second-order valence-electron chi connectivity index (χ2n) is 11.1. The third-order valence-electron chi connectivity index (χ3n) is 8.42. The predicted octanol–water partition coefficient (Wildman–Crippen LogP) is 4.97. The largest absolute Gasteiger partial charge is 0.497 e. The number of hydrogen-bond acceptors (Lipinski definition) is 7. The normalized spacial score (nSPS) is 18.6. The van der Waals surface area contributed by atoms with Crippen molar-refractivity contribution in [1.29, 1.82) is 0 Å². The van der Waals surface area contributed by atoms with Crippen LogP contribution in [0.5, 0.6) is 5.75 Å². The molecule has 3 heterocycles. The van der Waals surface area contributed by atoms with Crippen molar-refractivity contribution in [1.82, 2.24) is 30.1 Å². The summed E-state index contributed by atoms with van der Waals surface area (Å²) in [6.45, 7) is 4.15. The fourth-order valence-electron chi connectivity index (χ4n) is 6.30. The van der Waals surface area contributed by atoms with Crippen LogP contribution in [-0.4, -0.2) is 56.5 Å². The van der Waals surface area contributed by atoms with Crippen LogP contribution in [0.25, 0.3) is 10.9 Å². The van der Waals surface area contributed by atoms with Crippen molar-refractivity contribution in [2.75, 3.05) is 20.3 Å². The number of benzene rings is 2. The SMILES string of the molecule is CCc1ccc2[nH]c(=O)c(C(c3nnnn3C3CCCC3)N(Cc3cccc(OC)c3)CC3CCCO3)cc2c1. The Bertz CT molecular complexity index is 1500. The molecule has 0 bridgehead atoms. The Morgan fingerprint density at radius 1 is 1.10 bits per heavy atom. The minimum Gasteiger partial charge on any atom is -0.497 e. The topological polar surface area (TPSA) is 98.2 Å². The van der Waals surface area contributed by atoms with Gasteiger partial charge < -0.3 is 14.5 Å². The fraction of sp³-hybridized carbons (Fsp3) is 0.484. The standard InChI is InChI=1S/C31H38N6O3/c1-3-21-13-14-28-23(16-21)18-27(31(38)32-28)29(30-33-34-35-37(30)24-9-4-5-10-24)36(20-26-12-7-15-40-26)19-22-8-6-11-25(17-22)39-2/h6,8,11,13-14,16-18,24,26,29H,3-5,7,9-10,12,15,19-20H2,1-2H3,(H,32,38). The third kappa shape index (κ3) is 5.53. The van der Waals surface area contributed by atoms with E-state index in [1.54, 1.807) is 7.11 Å². The highest BCUT2D eigenvalue weighted by Crippen LogP contribution is 2.35. The second kappa shape index (κ2) is 11.9. The van der Waals surface area contributed by atoms with Crippen LogP contribution in [0.4, 0.5) is 0 Å². The number of H-pyrrole nitrogens is 1. The summed E-state index contributed by atoms with van der Waals surface area (Å²) < 4.78 is 13.6. The molecular weight excluding hydrogens is 504 g/mol. The van der Waals surface area contributed by atoms with Crippen molar-refractivity contribution in [3.8, 4) is 5.75 Å². The summed E-state index contributed by atoms with van der Waals surface area (Å²) in [7, 11) is 1.68.